The number of aromatic nitrogens is 3. The zero-order valence-corrected chi connectivity index (χ0v) is 17.2. The summed E-state index contributed by atoms with van der Waals surface area (Å²) in [5, 5.41) is 23.8. The zero-order valence-electron chi connectivity index (χ0n) is 17.2. The summed E-state index contributed by atoms with van der Waals surface area (Å²) in [5.41, 5.74) is 12.2. The Morgan fingerprint density at radius 1 is 0.970 bits per heavy atom. The first kappa shape index (κ1) is 22.7. The number of azo groups is 1. The van der Waals surface area contributed by atoms with Crippen molar-refractivity contribution in [2.75, 3.05) is 22.1 Å². The number of nitrogens with one attached hydrogen (secondary N) is 2. The highest BCUT2D eigenvalue weighted by molar-refractivity contribution is 6.10. The van der Waals surface area contributed by atoms with Crippen molar-refractivity contribution in [3.8, 4) is 0 Å². The lowest BCUT2D eigenvalue weighted by molar-refractivity contribution is -0.384. The first-order chi connectivity index (χ1) is 15.7. The van der Waals surface area contributed by atoms with Crippen LogP contribution in [0.15, 0.2) is 58.8 Å². The van der Waals surface area contributed by atoms with Crippen molar-refractivity contribution in [1.82, 2.24) is 15.0 Å². The number of hydrogen-bond donors (Lipinski definition) is 4. The van der Waals surface area contributed by atoms with Crippen molar-refractivity contribution in [1.29, 1.82) is 0 Å². The summed E-state index contributed by atoms with van der Waals surface area (Å²) in [6.07, 6.45) is 0. The number of nitro benzene ring substituents is 1. The first-order valence-corrected chi connectivity index (χ1v) is 9.32. The molecule has 0 saturated heterocycles. The van der Waals surface area contributed by atoms with Gasteiger partial charge in [-0.25, -0.2) is 0 Å². The molecule has 0 aliphatic rings. The molecular formula is C19H18N10O4. The fourth-order valence-corrected chi connectivity index (χ4v) is 2.53. The molecule has 6 N–H and O–H groups in total. The van der Waals surface area contributed by atoms with Crippen molar-refractivity contribution in [2.45, 2.75) is 13.0 Å². The lowest BCUT2D eigenvalue weighted by Crippen LogP contribution is -2.31. The van der Waals surface area contributed by atoms with Crippen LogP contribution in [0.2, 0.25) is 0 Å². The van der Waals surface area contributed by atoms with E-state index in [1.54, 1.807) is 24.3 Å². The summed E-state index contributed by atoms with van der Waals surface area (Å²) >= 11 is 0. The molecule has 2 aromatic carbocycles. The van der Waals surface area contributed by atoms with Crippen LogP contribution in [0.3, 0.4) is 0 Å². The van der Waals surface area contributed by atoms with Gasteiger partial charge in [0.15, 0.2) is 5.78 Å². The topological polar surface area (TPSA) is 217 Å². The smallest absolute Gasteiger partial charge is 0.269 e. The van der Waals surface area contributed by atoms with Gasteiger partial charge in [-0.1, -0.05) is 0 Å². The minimum Gasteiger partial charge on any atom is -0.368 e. The maximum atomic E-state index is 12.5. The number of hydrogen-bond acceptors (Lipinski definition) is 12. The fraction of sp³-hybridized carbons (Fsp3) is 0.105. The quantitative estimate of drug-likeness (QED) is 0.170. The first-order valence-electron chi connectivity index (χ1n) is 9.32. The van der Waals surface area contributed by atoms with Crippen molar-refractivity contribution in [3.63, 3.8) is 0 Å². The number of nitrogen functional groups attached to an aromatic ring is 2. The van der Waals surface area contributed by atoms with E-state index in [1.165, 1.54) is 31.2 Å². The number of anilines is 5. The van der Waals surface area contributed by atoms with Crippen molar-refractivity contribution in [2.24, 2.45) is 10.2 Å². The molecule has 14 heteroatoms. The number of nitrogens with two attached hydrogens (primary N) is 2. The molecule has 0 radical (unpaired) electrons. The third-order valence-corrected chi connectivity index (χ3v) is 4.06. The normalized spacial score (nSPS) is 11.7. The second kappa shape index (κ2) is 9.86. The minimum atomic E-state index is -1.39. The van der Waals surface area contributed by atoms with Crippen LogP contribution in [0.4, 0.5) is 40.6 Å². The van der Waals surface area contributed by atoms with E-state index in [1.807, 2.05) is 0 Å². The van der Waals surface area contributed by atoms with Gasteiger partial charge in [0.1, 0.15) is 0 Å². The number of nitro groups is 1. The van der Waals surface area contributed by atoms with Crippen LogP contribution in [0.25, 0.3) is 0 Å². The van der Waals surface area contributed by atoms with Gasteiger partial charge in [-0.15, -0.1) is 0 Å². The van der Waals surface area contributed by atoms with Gasteiger partial charge in [0.25, 0.3) is 11.6 Å². The molecular weight excluding hydrogens is 432 g/mol. The van der Waals surface area contributed by atoms with E-state index in [0.717, 1.165) is 0 Å². The number of carbonyl (C=O) groups is 2. The number of non-ortho nitro benzene ring substituents is 1. The minimum absolute atomic E-state index is 0.0351. The van der Waals surface area contributed by atoms with Crippen LogP contribution in [0.1, 0.15) is 6.92 Å². The van der Waals surface area contributed by atoms with Gasteiger partial charge >= 0.3 is 0 Å². The maximum absolute atomic E-state index is 12.5. The third kappa shape index (κ3) is 6.24. The van der Waals surface area contributed by atoms with Crippen molar-refractivity contribution < 1.29 is 14.5 Å². The highest BCUT2D eigenvalue weighted by Crippen LogP contribution is 2.20. The molecule has 0 aliphatic heterocycles. The van der Waals surface area contributed by atoms with Crippen LogP contribution in [-0.4, -0.2) is 37.6 Å². The van der Waals surface area contributed by atoms with Crippen LogP contribution in [-0.2, 0) is 9.59 Å². The largest absolute Gasteiger partial charge is 0.368 e. The van der Waals surface area contributed by atoms with Gasteiger partial charge in [0.2, 0.25) is 23.9 Å². The van der Waals surface area contributed by atoms with Gasteiger partial charge in [0.05, 0.1) is 10.6 Å². The Bertz CT molecular complexity index is 1190. The average molecular weight is 450 g/mol. The average Bonchev–Trinajstić information content (AvgIpc) is 2.74. The number of rotatable bonds is 8. The molecule has 1 aromatic heterocycles. The van der Waals surface area contributed by atoms with Gasteiger partial charge in [-0.2, -0.15) is 25.2 Å². The number of Topliss-reactive ketones (excluding diaryl/α,β-unsaturated/α-hetero) is 1. The highest BCUT2D eigenvalue weighted by atomic mass is 16.6. The molecule has 33 heavy (non-hydrogen) atoms. The lowest BCUT2D eigenvalue weighted by atomic mass is 10.2. The molecule has 0 saturated carbocycles. The summed E-state index contributed by atoms with van der Waals surface area (Å²) in [6.45, 7) is 1.21. The summed E-state index contributed by atoms with van der Waals surface area (Å²) < 4.78 is 0. The van der Waals surface area contributed by atoms with E-state index in [9.17, 15) is 19.7 Å². The SMILES string of the molecule is CC(=O)C(N=Nc1ccc([N+](=O)[O-])cc1)C(=O)Nc1ccc(Nc2nc(N)nc(N)n2)cc1. The molecule has 0 aliphatic carbocycles. The molecule has 0 fully saturated rings. The van der Waals surface area contributed by atoms with Gasteiger partial charge in [-0.05, 0) is 43.3 Å². The van der Waals surface area contributed by atoms with Crippen molar-refractivity contribution >= 4 is 52.3 Å². The molecule has 1 atom stereocenters. The highest BCUT2D eigenvalue weighted by Gasteiger charge is 2.23. The number of nitrogens with zero attached hydrogens (tertiary/aromatic N) is 6. The standard InChI is InChI=1S/C19H18N10O4/c1-10(30)15(28-27-13-6-8-14(9-7-13)29(32)33)16(31)22-11-2-4-12(5-3-11)23-19-25-17(20)24-18(21)26-19/h2-9,15H,1H3,(H,22,31)(H5,20,21,23,24,25,26). The Kier molecular flexibility index (Phi) is 6.78. The predicted octanol–water partition coefficient (Wildman–Crippen LogP) is 2.37. The Balaban J connectivity index is 1.66. The maximum Gasteiger partial charge on any atom is 0.269 e. The number of benzene rings is 2. The van der Waals surface area contributed by atoms with Crippen LogP contribution in [0, 0.1) is 10.1 Å². The zero-order chi connectivity index (χ0) is 24.0. The van der Waals surface area contributed by atoms with Gasteiger partial charge in [-0.3, -0.25) is 19.7 Å². The van der Waals surface area contributed by atoms with E-state index < -0.39 is 22.7 Å². The molecule has 1 heterocycles. The monoisotopic (exact) mass is 450 g/mol. The van der Waals surface area contributed by atoms with E-state index in [4.69, 9.17) is 11.5 Å². The Hall–Kier alpha value is -5.01. The Morgan fingerprint density at radius 2 is 1.55 bits per heavy atom. The lowest BCUT2D eigenvalue weighted by Gasteiger charge is -2.10. The molecule has 3 aromatic rings. The number of amides is 1. The van der Waals surface area contributed by atoms with Crippen LogP contribution >= 0.6 is 0 Å². The van der Waals surface area contributed by atoms with Gasteiger partial charge < -0.3 is 22.1 Å². The second-order valence-electron chi connectivity index (χ2n) is 6.57. The molecule has 168 valence electrons. The molecule has 14 nitrogen and oxygen atoms in total. The van der Waals surface area contributed by atoms with E-state index in [2.05, 4.69) is 35.8 Å². The van der Waals surface area contributed by atoms with Crippen molar-refractivity contribution in [3.05, 3.63) is 58.6 Å². The number of ketones is 1. The summed E-state index contributed by atoms with van der Waals surface area (Å²) in [6, 6.07) is 10.2. The summed E-state index contributed by atoms with van der Waals surface area (Å²) in [5.74, 6) is -1.13. The fourth-order valence-electron chi connectivity index (χ4n) is 2.53. The molecule has 0 spiro atoms. The molecule has 1 amide bonds. The van der Waals surface area contributed by atoms with Crippen LogP contribution in [0.5, 0.6) is 0 Å². The van der Waals surface area contributed by atoms with E-state index in [-0.39, 0.29) is 29.2 Å². The summed E-state index contributed by atoms with van der Waals surface area (Å²) in [7, 11) is 0. The van der Waals surface area contributed by atoms with E-state index in [0.29, 0.717) is 11.4 Å². The molecule has 3 rings (SSSR count). The third-order valence-electron chi connectivity index (χ3n) is 4.06. The van der Waals surface area contributed by atoms with Crippen LogP contribution < -0.4 is 22.1 Å². The summed E-state index contributed by atoms with van der Waals surface area (Å²) in [4.78, 5) is 46.1. The van der Waals surface area contributed by atoms with Gasteiger partial charge in [0, 0.05) is 23.5 Å². The number of carbonyl (C=O) groups excluding carboxylic acids is 2. The predicted molar refractivity (Wildman–Crippen MR) is 119 cm³/mol. The molecule has 0 bridgehead atoms. The Morgan fingerprint density at radius 3 is 2.09 bits per heavy atom. The van der Waals surface area contributed by atoms with E-state index >= 15 is 0 Å². The second-order valence-corrected chi connectivity index (χ2v) is 6.57. The Labute approximate surface area is 186 Å². The molecule has 1 unspecified atom stereocenters.